The molecular formula is C12H12ClN3O2. The van der Waals surface area contributed by atoms with Crippen molar-refractivity contribution in [3.05, 3.63) is 40.4 Å². The number of hydrogen-bond acceptors (Lipinski definition) is 4. The topological polar surface area (TPSA) is 68.0 Å². The Kier molecular flexibility index (Phi) is 3.62. The summed E-state index contributed by atoms with van der Waals surface area (Å²) in [5.74, 6) is 0.960. The maximum Gasteiger partial charge on any atom is 0.230 e. The van der Waals surface area contributed by atoms with Crippen LogP contribution in [0.25, 0.3) is 0 Å². The highest BCUT2D eigenvalue weighted by molar-refractivity contribution is 6.30. The van der Waals surface area contributed by atoms with E-state index < -0.39 is 0 Å². The van der Waals surface area contributed by atoms with Gasteiger partial charge < -0.3 is 9.84 Å². The SMILES string of the molecule is Cc1noc(C)c1CC(=O)Nc1ccc(Cl)cn1. The molecule has 0 atom stereocenters. The van der Waals surface area contributed by atoms with Crippen LogP contribution in [-0.2, 0) is 11.2 Å². The molecule has 5 nitrogen and oxygen atoms in total. The molecule has 0 aliphatic rings. The first kappa shape index (κ1) is 12.6. The third-order valence-electron chi connectivity index (χ3n) is 2.51. The van der Waals surface area contributed by atoms with Gasteiger partial charge in [0.2, 0.25) is 5.91 Å². The number of halogens is 1. The lowest BCUT2D eigenvalue weighted by Crippen LogP contribution is -2.15. The van der Waals surface area contributed by atoms with Crippen LogP contribution in [0.2, 0.25) is 5.02 Å². The van der Waals surface area contributed by atoms with Crippen molar-refractivity contribution in [3.63, 3.8) is 0 Å². The number of aryl methyl sites for hydroxylation is 2. The van der Waals surface area contributed by atoms with E-state index in [2.05, 4.69) is 15.5 Å². The molecule has 18 heavy (non-hydrogen) atoms. The zero-order chi connectivity index (χ0) is 13.1. The summed E-state index contributed by atoms with van der Waals surface area (Å²) >= 11 is 5.71. The number of carbonyl (C=O) groups is 1. The second-order valence-electron chi connectivity index (χ2n) is 3.89. The number of carbonyl (C=O) groups excluding carboxylic acids is 1. The van der Waals surface area contributed by atoms with Gasteiger partial charge in [-0.05, 0) is 26.0 Å². The smallest absolute Gasteiger partial charge is 0.230 e. The Morgan fingerprint density at radius 3 is 2.78 bits per heavy atom. The number of rotatable bonds is 3. The van der Waals surface area contributed by atoms with Gasteiger partial charge in [-0.1, -0.05) is 16.8 Å². The van der Waals surface area contributed by atoms with Crippen molar-refractivity contribution in [2.24, 2.45) is 0 Å². The number of amides is 1. The van der Waals surface area contributed by atoms with Crippen LogP contribution in [-0.4, -0.2) is 16.0 Å². The molecule has 0 bridgehead atoms. The normalized spacial score (nSPS) is 10.4. The summed E-state index contributed by atoms with van der Waals surface area (Å²) in [5, 5.41) is 7.01. The molecule has 0 spiro atoms. The van der Waals surface area contributed by atoms with Crippen molar-refractivity contribution >= 4 is 23.3 Å². The molecule has 2 rings (SSSR count). The zero-order valence-electron chi connectivity index (χ0n) is 10.0. The Hall–Kier alpha value is -1.88. The van der Waals surface area contributed by atoms with Crippen LogP contribution in [0.1, 0.15) is 17.0 Å². The third kappa shape index (κ3) is 2.87. The van der Waals surface area contributed by atoms with E-state index in [1.165, 1.54) is 6.20 Å². The molecule has 94 valence electrons. The van der Waals surface area contributed by atoms with Gasteiger partial charge in [0.1, 0.15) is 11.6 Å². The lowest BCUT2D eigenvalue weighted by molar-refractivity contribution is -0.115. The predicted octanol–water partition coefficient (Wildman–Crippen LogP) is 2.52. The average Bonchev–Trinajstić information content (AvgIpc) is 2.64. The minimum atomic E-state index is -0.167. The molecule has 0 saturated heterocycles. The zero-order valence-corrected chi connectivity index (χ0v) is 10.8. The van der Waals surface area contributed by atoms with Crippen molar-refractivity contribution in [2.45, 2.75) is 20.3 Å². The van der Waals surface area contributed by atoms with Gasteiger partial charge in [0.05, 0.1) is 17.1 Å². The molecule has 2 aromatic heterocycles. The van der Waals surface area contributed by atoms with Crippen LogP contribution in [0.4, 0.5) is 5.82 Å². The highest BCUT2D eigenvalue weighted by Gasteiger charge is 2.13. The summed E-state index contributed by atoms with van der Waals surface area (Å²) in [6.07, 6.45) is 1.69. The predicted molar refractivity (Wildman–Crippen MR) is 67.6 cm³/mol. The fourth-order valence-corrected chi connectivity index (χ4v) is 1.66. The first-order valence-electron chi connectivity index (χ1n) is 5.39. The first-order chi connectivity index (χ1) is 8.56. The Morgan fingerprint density at radius 2 is 2.22 bits per heavy atom. The molecule has 0 fully saturated rings. The second-order valence-corrected chi connectivity index (χ2v) is 4.33. The Balaban J connectivity index is 2.03. The Morgan fingerprint density at radius 1 is 1.44 bits per heavy atom. The van der Waals surface area contributed by atoms with Gasteiger partial charge >= 0.3 is 0 Å². The van der Waals surface area contributed by atoms with Crippen molar-refractivity contribution in [1.29, 1.82) is 0 Å². The van der Waals surface area contributed by atoms with Crippen molar-refractivity contribution in [1.82, 2.24) is 10.1 Å². The molecule has 0 aliphatic heterocycles. The van der Waals surface area contributed by atoms with Gasteiger partial charge in [0.15, 0.2) is 0 Å². The number of aromatic nitrogens is 2. The largest absolute Gasteiger partial charge is 0.361 e. The molecule has 0 unspecified atom stereocenters. The van der Waals surface area contributed by atoms with E-state index in [4.69, 9.17) is 16.1 Å². The van der Waals surface area contributed by atoms with E-state index in [0.29, 0.717) is 16.6 Å². The molecule has 0 radical (unpaired) electrons. The fraction of sp³-hybridized carbons (Fsp3) is 0.250. The number of pyridine rings is 1. The lowest BCUT2D eigenvalue weighted by atomic mass is 10.1. The van der Waals surface area contributed by atoms with Gasteiger partial charge in [-0.15, -0.1) is 0 Å². The monoisotopic (exact) mass is 265 g/mol. The van der Waals surface area contributed by atoms with Crippen molar-refractivity contribution in [3.8, 4) is 0 Å². The summed E-state index contributed by atoms with van der Waals surface area (Å²) in [6, 6.07) is 3.31. The number of nitrogens with zero attached hydrogens (tertiary/aromatic N) is 2. The van der Waals surface area contributed by atoms with Crippen LogP contribution in [0.5, 0.6) is 0 Å². The molecular weight excluding hydrogens is 254 g/mol. The first-order valence-corrected chi connectivity index (χ1v) is 5.77. The van der Waals surface area contributed by atoms with Gasteiger partial charge in [-0.25, -0.2) is 4.98 Å². The number of hydrogen-bond donors (Lipinski definition) is 1. The Labute approximate surface area is 109 Å². The molecule has 1 amide bonds. The van der Waals surface area contributed by atoms with Gasteiger partial charge in [0.25, 0.3) is 0 Å². The Bertz CT molecular complexity index is 544. The summed E-state index contributed by atoms with van der Waals surface area (Å²) in [7, 11) is 0. The van der Waals surface area contributed by atoms with E-state index in [1.54, 1.807) is 26.0 Å². The maximum atomic E-state index is 11.8. The van der Waals surface area contributed by atoms with Gasteiger partial charge in [-0.2, -0.15) is 0 Å². The lowest BCUT2D eigenvalue weighted by Gasteiger charge is -2.03. The van der Waals surface area contributed by atoms with E-state index in [-0.39, 0.29) is 12.3 Å². The molecule has 0 saturated carbocycles. The molecule has 0 aromatic carbocycles. The minimum absolute atomic E-state index is 0.167. The van der Waals surface area contributed by atoms with E-state index in [9.17, 15) is 4.79 Å². The second kappa shape index (κ2) is 5.18. The maximum absolute atomic E-state index is 11.8. The van der Waals surface area contributed by atoms with Crippen LogP contribution in [0.15, 0.2) is 22.9 Å². The van der Waals surface area contributed by atoms with Crippen LogP contribution in [0.3, 0.4) is 0 Å². The summed E-state index contributed by atoms with van der Waals surface area (Å²) in [5.41, 5.74) is 1.54. The molecule has 6 heteroatoms. The number of nitrogens with one attached hydrogen (secondary N) is 1. The van der Waals surface area contributed by atoms with E-state index in [0.717, 1.165) is 11.3 Å². The summed E-state index contributed by atoms with van der Waals surface area (Å²) < 4.78 is 5.00. The van der Waals surface area contributed by atoms with Gasteiger partial charge in [-0.3, -0.25) is 4.79 Å². The van der Waals surface area contributed by atoms with Crippen LogP contribution < -0.4 is 5.32 Å². The standard InChI is InChI=1S/C12H12ClN3O2/c1-7-10(8(2)18-16-7)5-12(17)15-11-4-3-9(13)6-14-11/h3-4,6H,5H2,1-2H3,(H,14,15,17). The van der Waals surface area contributed by atoms with Crippen LogP contribution in [0, 0.1) is 13.8 Å². The van der Waals surface area contributed by atoms with Crippen LogP contribution >= 0.6 is 11.6 Å². The molecule has 0 aliphatic carbocycles. The van der Waals surface area contributed by atoms with Crippen molar-refractivity contribution < 1.29 is 9.32 Å². The minimum Gasteiger partial charge on any atom is -0.361 e. The highest BCUT2D eigenvalue weighted by Crippen LogP contribution is 2.14. The van der Waals surface area contributed by atoms with E-state index in [1.807, 2.05) is 0 Å². The molecule has 2 aromatic rings. The van der Waals surface area contributed by atoms with E-state index >= 15 is 0 Å². The number of anilines is 1. The third-order valence-corrected chi connectivity index (χ3v) is 2.74. The van der Waals surface area contributed by atoms with Crippen molar-refractivity contribution in [2.75, 3.05) is 5.32 Å². The summed E-state index contributed by atoms with van der Waals surface area (Å²) in [4.78, 5) is 15.8. The average molecular weight is 266 g/mol. The highest BCUT2D eigenvalue weighted by atomic mass is 35.5. The van der Waals surface area contributed by atoms with Gasteiger partial charge in [0, 0.05) is 11.8 Å². The quantitative estimate of drug-likeness (QED) is 0.926. The molecule has 2 heterocycles. The summed E-state index contributed by atoms with van der Waals surface area (Å²) in [6.45, 7) is 3.59. The molecule has 1 N–H and O–H groups in total. The fourth-order valence-electron chi connectivity index (χ4n) is 1.55.